The SMILES string of the molecule is COC(=O)NC(CCCC(=O)O)(NC(=O)OC)C(=O)O. The van der Waals surface area contributed by atoms with E-state index < -0.39 is 29.8 Å². The van der Waals surface area contributed by atoms with E-state index in [0.29, 0.717) is 0 Å². The molecule has 0 aromatic rings. The second-order valence-corrected chi connectivity index (χ2v) is 3.69. The molecular formula is C10H16N2O8. The molecule has 0 heterocycles. The van der Waals surface area contributed by atoms with Crippen molar-refractivity contribution >= 4 is 24.1 Å². The second-order valence-electron chi connectivity index (χ2n) is 3.69. The van der Waals surface area contributed by atoms with Gasteiger partial charge in [0.2, 0.25) is 5.66 Å². The number of ether oxygens (including phenoxy) is 2. The lowest BCUT2D eigenvalue weighted by molar-refractivity contribution is -0.147. The van der Waals surface area contributed by atoms with Crippen LogP contribution in [0.15, 0.2) is 0 Å². The van der Waals surface area contributed by atoms with Gasteiger partial charge >= 0.3 is 24.1 Å². The summed E-state index contributed by atoms with van der Waals surface area (Å²) in [4.78, 5) is 44.1. The number of rotatable bonds is 7. The Balaban J connectivity index is 5.10. The Morgan fingerprint density at radius 1 is 1.00 bits per heavy atom. The number of nitrogens with one attached hydrogen (secondary N) is 2. The molecule has 10 nitrogen and oxygen atoms in total. The average molecular weight is 292 g/mol. The predicted octanol–water partition coefficient (Wildman–Crippen LogP) is -0.266. The maximum atomic E-state index is 11.3. The van der Waals surface area contributed by atoms with Crippen LogP contribution in [0.3, 0.4) is 0 Å². The van der Waals surface area contributed by atoms with E-state index in [9.17, 15) is 24.3 Å². The lowest BCUT2D eigenvalue weighted by atomic mass is 10.0. The van der Waals surface area contributed by atoms with Crippen LogP contribution in [-0.2, 0) is 19.1 Å². The fourth-order valence-corrected chi connectivity index (χ4v) is 1.33. The van der Waals surface area contributed by atoms with Crippen LogP contribution in [-0.4, -0.2) is 54.2 Å². The van der Waals surface area contributed by atoms with E-state index in [1.165, 1.54) is 0 Å². The predicted molar refractivity (Wildman–Crippen MR) is 62.9 cm³/mol. The molecule has 0 radical (unpaired) electrons. The van der Waals surface area contributed by atoms with Crippen molar-refractivity contribution in [2.24, 2.45) is 0 Å². The van der Waals surface area contributed by atoms with Gasteiger partial charge in [-0.25, -0.2) is 14.4 Å². The van der Waals surface area contributed by atoms with Crippen LogP contribution < -0.4 is 10.6 Å². The summed E-state index contributed by atoms with van der Waals surface area (Å²) in [5.74, 6) is -2.72. The molecular weight excluding hydrogens is 276 g/mol. The highest BCUT2D eigenvalue weighted by atomic mass is 16.5. The zero-order chi connectivity index (χ0) is 15.8. The van der Waals surface area contributed by atoms with Gasteiger partial charge in [-0.1, -0.05) is 0 Å². The van der Waals surface area contributed by atoms with Gasteiger partial charge in [-0.15, -0.1) is 0 Å². The smallest absolute Gasteiger partial charge is 0.409 e. The van der Waals surface area contributed by atoms with Gasteiger partial charge in [-0.05, 0) is 6.42 Å². The van der Waals surface area contributed by atoms with E-state index in [4.69, 9.17) is 5.11 Å². The summed E-state index contributed by atoms with van der Waals surface area (Å²) in [7, 11) is 2.02. The molecule has 0 atom stereocenters. The van der Waals surface area contributed by atoms with Gasteiger partial charge < -0.3 is 19.7 Å². The van der Waals surface area contributed by atoms with Gasteiger partial charge in [-0.3, -0.25) is 15.4 Å². The molecule has 0 aliphatic rings. The van der Waals surface area contributed by atoms with E-state index in [0.717, 1.165) is 14.2 Å². The summed E-state index contributed by atoms with van der Waals surface area (Å²) in [6, 6.07) is 0. The first-order chi connectivity index (χ1) is 9.27. The highest BCUT2D eigenvalue weighted by Gasteiger charge is 2.42. The normalized spacial score (nSPS) is 10.3. The molecule has 0 saturated heterocycles. The van der Waals surface area contributed by atoms with Crippen LogP contribution in [0.1, 0.15) is 19.3 Å². The Morgan fingerprint density at radius 3 is 1.75 bits per heavy atom. The number of carbonyl (C=O) groups excluding carboxylic acids is 2. The van der Waals surface area contributed by atoms with Crippen molar-refractivity contribution in [2.45, 2.75) is 24.9 Å². The number of carboxylic acid groups (broad SMARTS) is 2. The fraction of sp³-hybridized carbons (Fsp3) is 0.600. The minimum absolute atomic E-state index is 0.102. The van der Waals surface area contributed by atoms with Crippen LogP contribution >= 0.6 is 0 Å². The van der Waals surface area contributed by atoms with Gasteiger partial charge in [-0.2, -0.15) is 0 Å². The minimum Gasteiger partial charge on any atom is -0.481 e. The maximum absolute atomic E-state index is 11.3. The molecule has 0 rings (SSSR count). The Morgan fingerprint density at radius 2 is 1.45 bits per heavy atom. The van der Waals surface area contributed by atoms with Gasteiger partial charge in [0.1, 0.15) is 0 Å². The number of alkyl carbamates (subject to hydrolysis) is 2. The number of amides is 2. The van der Waals surface area contributed by atoms with E-state index in [1.54, 1.807) is 0 Å². The summed E-state index contributed by atoms with van der Waals surface area (Å²) >= 11 is 0. The van der Waals surface area contributed by atoms with Gasteiger partial charge in [0.15, 0.2) is 0 Å². The number of carboxylic acids is 2. The number of methoxy groups -OCH3 is 2. The third kappa shape index (κ3) is 5.42. The molecule has 2 amide bonds. The van der Waals surface area contributed by atoms with Crippen molar-refractivity contribution in [3.63, 3.8) is 0 Å². The first-order valence-electron chi connectivity index (χ1n) is 5.45. The molecule has 0 spiro atoms. The molecule has 114 valence electrons. The molecule has 4 N–H and O–H groups in total. The summed E-state index contributed by atoms with van der Waals surface area (Å²) in [5, 5.41) is 21.6. The zero-order valence-electron chi connectivity index (χ0n) is 11.0. The van der Waals surface area contributed by atoms with Crippen LogP contribution in [0.2, 0.25) is 0 Å². The monoisotopic (exact) mass is 292 g/mol. The summed E-state index contributed by atoms with van der Waals surface area (Å²) in [6.07, 6.45) is -2.99. The zero-order valence-corrected chi connectivity index (χ0v) is 11.0. The highest BCUT2D eigenvalue weighted by Crippen LogP contribution is 2.13. The molecule has 0 aliphatic carbocycles. The first kappa shape index (κ1) is 17.5. The Kier molecular flexibility index (Phi) is 6.83. The fourth-order valence-electron chi connectivity index (χ4n) is 1.33. The molecule has 0 aliphatic heterocycles. The van der Waals surface area contributed by atoms with Crippen molar-refractivity contribution in [1.29, 1.82) is 0 Å². The van der Waals surface area contributed by atoms with E-state index in [2.05, 4.69) is 9.47 Å². The summed E-state index contributed by atoms with van der Waals surface area (Å²) in [6.45, 7) is 0. The van der Waals surface area contributed by atoms with Gasteiger partial charge in [0, 0.05) is 12.8 Å². The molecule has 0 aromatic heterocycles. The van der Waals surface area contributed by atoms with Crippen LogP contribution in [0.5, 0.6) is 0 Å². The van der Waals surface area contributed by atoms with Crippen molar-refractivity contribution in [3.8, 4) is 0 Å². The second kappa shape index (κ2) is 7.81. The van der Waals surface area contributed by atoms with Crippen molar-refractivity contribution in [2.75, 3.05) is 14.2 Å². The molecule has 0 bridgehead atoms. The van der Waals surface area contributed by atoms with E-state index in [-0.39, 0.29) is 19.3 Å². The standard InChI is InChI=1S/C10H16N2O8/c1-19-8(17)11-10(7(15)16,12-9(18)20-2)5-3-4-6(13)14/h3-5H2,1-2H3,(H,11,17)(H,12,18)(H,13,14)(H,15,16). The first-order valence-corrected chi connectivity index (χ1v) is 5.45. The molecule has 0 unspecified atom stereocenters. The topological polar surface area (TPSA) is 151 Å². The largest absolute Gasteiger partial charge is 0.481 e. The lowest BCUT2D eigenvalue weighted by Crippen LogP contribution is -2.65. The van der Waals surface area contributed by atoms with Crippen molar-refractivity contribution in [3.05, 3.63) is 0 Å². The Hall–Kier alpha value is -2.52. The molecule has 20 heavy (non-hydrogen) atoms. The van der Waals surface area contributed by atoms with Gasteiger partial charge in [0.05, 0.1) is 14.2 Å². The maximum Gasteiger partial charge on any atom is 0.409 e. The average Bonchev–Trinajstić information content (AvgIpc) is 2.37. The Labute approximate surface area is 114 Å². The molecule has 10 heteroatoms. The van der Waals surface area contributed by atoms with Gasteiger partial charge in [0.25, 0.3) is 0 Å². The van der Waals surface area contributed by atoms with E-state index in [1.807, 2.05) is 10.6 Å². The van der Waals surface area contributed by atoms with Crippen molar-refractivity contribution < 1.29 is 38.9 Å². The number of hydrogen-bond acceptors (Lipinski definition) is 6. The van der Waals surface area contributed by atoms with Crippen LogP contribution in [0.25, 0.3) is 0 Å². The molecule has 0 fully saturated rings. The number of aliphatic carboxylic acids is 2. The quantitative estimate of drug-likeness (QED) is 0.468. The Bertz CT molecular complexity index is 377. The molecule has 0 saturated carbocycles. The summed E-state index contributed by atoms with van der Waals surface area (Å²) < 4.78 is 8.55. The van der Waals surface area contributed by atoms with Crippen molar-refractivity contribution in [1.82, 2.24) is 10.6 Å². The lowest BCUT2D eigenvalue weighted by Gasteiger charge is -2.29. The van der Waals surface area contributed by atoms with Crippen LogP contribution in [0, 0.1) is 0 Å². The summed E-state index contributed by atoms with van der Waals surface area (Å²) in [5.41, 5.74) is -2.21. The highest BCUT2D eigenvalue weighted by molar-refractivity contribution is 5.87. The number of carbonyl (C=O) groups is 4. The van der Waals surface area contributed by atoms with E-state index >= 15 is 0 Å². The minimum atomic E-state index is -2.21. The third-order valence-electron chi connectivity index (χ3n) is 2.31. The molecule has 0 aromatic carbocycles. The number of hydrogen-bond donors (Lipinski definition) is 4. The third-order valence-corrected chi connectivity index (χ3v) is 2.31. The van der Waals surface area contributed by atoms with Crippen LogP contribution in [0.4, 0.5) is 9.59 Å².